The Kier molecular flexibility index (Phi) is 4.69. The lowest BCUT2D eigenvalue weighted by atomic mass is 10.1. The molecule has 0 bridgehead atoms. The van der Waals surface area contributed by atoms with Crippen molar-refractivity contribution >= 4 is 40.9 Å². The molecular weight excluding hydrogens is 320 g/mol. The number of nitrogens with zero attached hydrogens (tertiary/aromatic N) is 2. The van der Waals surface area contributed by atoms with E-state index in [1.807, 2.05) is 0 Å². The van der Waals surface area contributed by atoms with E-state index >= 15 is 0 Å². The Balaban J connectivity index is 2.34. The molecule has 1 saturated heterocycles. The first-order valence-electron chi connectivity index (χ1n) is 5.96. The summed E-state index contributed by atoms with van der Waals surface area (Å²) in [5.74, 6) is -0.734. The topological polar surface area (TPSA) is 101 Å². The Bertz CT molecular complexity index is 609. The van der Waals surface area contributed by atoms with E-state index in [1.165, 1.54) is 22.7 Å². The van der Waals surface area contributed by atoms with Gasteiger partial charge < -0.3 is 10.0 Å². The molecule has 0 aromatic heterocycles. The molecular formula is C12H11ClN2O5S. The van der Waals surface area contributed by atoms with Crippen molar-refractivity contribution in [2.75, 3.05) is 18.1 Å². The van der Waals surface area contributed by atoms with Crippen LogP contribution in [0.4, 0.5) is 5.69 Å². The van der Waals surface area contributed by atoms with Gasteiger partial charge in [0.2, 0.25) is 0 Å². The average molecular weight is 331 g/mol. The maximum atomic E-state index is 12.4. The van der Waals surface area contributed by atoms with Crippen molar-refractivity contribution in [3.63, 3.8) is 0 Å². The van der Waals surface area contributed by atoms with Gasteiger partial charge >= 0.3 is 5.97 Å². The first-order valence-corrected chi connectivity index (χ1v) is 7.50. The molecule has 0 aliphatic carbocycles. The van der Waals surface area contributed by atoms with Gasteiger partial charge in [-0.1, -0.05) is 11.6 Å². The molecule has 0 spiro atoms. The third-order valence-corrected chi connectivity index (χ3v) is 4.26. The summed E-state index contributed by atoms with van der Waals surface area (Å²) in [4.78, 5) is 35.0. The second-order valence-corrected chi connectivity index (χ2v) is 5.97. The highest BCUT2D eigenvalue weighted by atomic mass is 35.5. The number of nitro groups is 1. The molecule has 7 nitrogen and oxygen atoms in total. The van der Waals surface area contributed by atoms with E-state index < -0.39 is 22.8 Å². The first kappa shape index (κ1) is 15.6. The van der Waals surface area contributed by atoms with Gasteiger partial charge in [-0.05, 0) is 6.07 Å². The summed E-state index contributed by atoms with van der Waals surface area (Å²) in [7, 11) is 0. The SMILES string of the molecule is O=C(O)C1CSCCN1C(=O)c1cc(Cl)cc([N+](=O)[O-])c1. The molecule has 1 N–H and O–H groups in total. The van der Waals surface area contributed by atoms with E-state index in [0.717, 1.165) is 12.1 Å². The molecule has 1 aromatic rings. The number of carbonyl (C=O) groups excluding carboxylic acids is 1. The largest absolute Gasteiger partial charge is 0.480 e. The molecule has 112 valence electrons. The number of carbonyl (C=O) groups is 2. The Hall–Kier alpha value is -1.80. The minimum atomic E-state index is -1.09. The van der Waals surface area contributed by atoms with Crippen LogP contribution in [0.15, 0.2) is 18.2 Å². The van der Waals surface area contributed by atoms with Crippen molar-refractivity contribution in [1.82, 2.24) is 4.90 Å². The van der Waals surface area contributed by atoms with Crippen molar-refractivity contribution < 1.29 is 19.6 Å². The Labute approximate surface area is 129 Å². The van der Waals surface area contributed by atoms with Crippen LogP contribution in [0.3, 0.4) is 0 Å². The number of benzene rings is 1. The number of amides is 1. The summed E-state index contributed by atoms with van der Waals surface area (Å²) in [5, 5.41) is 20.0. The second-order valence-electron chi connectivity index (χ2n) is 4.38. The van der Waals surface area contributed by atoms with Crippen molar-refractivity contribution in [2.24, 2.45) is 0 Å². The van der Waals surface area contributed by atoms with Crippen LogP contribution in [0.5, 0.6) is 0 Å². The number of thioether (sulfide) groups is 1. The van der Waals surface area contributed by atoms with Gasteiger partial charge in [-0.15, -0.1) is 0 Å². The van der Waals surface area contributed by atoms with Gasteiger partial charge in [0, 0.05) is 40.8 Å². The van der Waals surface area contributed by atoms with E-state index in [2.05, 4.69) is 0 Å². The van der Waals surface area contributed by atoms with Crippen LogP contribution in [0.1, 0.15) is 10.4 Å². The molecule has 1 aliphatic rings. The first-order chi connectivity index (χ1) is 9.90. The standard InChI is InChI=1S/C12H11ClN2O5S/c13-8-3-7(4-9(5-8)15(19)20)11(16)14-1-2-21-6-10(14)12(17)18/h3-5,10H,1-2,6H2,(H,17,18). The van der Waals surface area contributed by atoms with Crippen LogP contribution < -0.4 is 0 Å². The molecule has 1 aromatic carbocycles. The average Bonchev–Trinajstić information content (AvgIpc) is 2.45. The number of halogens is 1. The Morgan fingerprint density at radius 2 is 2.14 bits per heavy atom. The Morgan fingerprint density at radius 3 is 2.76 bits per heavy atom. The highest BCUT2D eigenvalue weighted by Crippen LogP contribution is 2.24. The zero-order valence-corrected chi connectivity index (χ0v) is 12.3. The van der Waals surface area contributed by atoms with Crippen molar-refractivity contribution in [2.45, 2.75) is 6.04 Å². The van der Waals surface area contributed by atoms with Gasteiger partial charge in [-0.2, -0.15) is 11.8 Å². The van der Waals surface area contributed by atoms with Gasteiger partial charge in [0.05, 0.1) is 4.92 Å². The zero-order chi connectivity index (χ0) is 15.6. The quantitative estimate of drug-likeness (QED) is 0.671. The maximum Gasteiger partial charge on any atom is 0.327 e. The molecule has 9 heteroatoms. The molecule has 1 amide bonds. The van der Waals surface area contributed by atoms with E-state index in [-0.39, 0.29) is 22.8 Å². The number of carboxylic acid groups (broad SMARTS) is 1. The van der Waals surface area contributed by atoms with Crippen LogP contribution in [0, 0.1) is 10.1 Å². The fourth-order valence-electron chi connectivity index (χ4n) is 2.02. The summed E-state index contributed by atoms with van der Waals surface area (Å²) < 4.78 is 0. The highest BCUT2D eigenvalue weighted by molar-refractivity contribution is 7.99. The molecule has 2 rings (SSSR count). The number of nitro benzene ring substituents is 1. The van der Waals surface area contributed by atoms with Crippen molar-refractivity contribution in [3.05, 3.63) is 38.9 Å². The summed E-state index contributed by atoms with van der Waals surface area (Å²) in [6.45, 7) is 0.279. The van der Waals surface area contributed by atoms with E-state index in [9.17, 15) is 19.7 Å². The fraction of sp³-hybridized carbons (Fsp3) is 0.333. The number of hydrogen-bond donors (Lipinski definition) is 1. The van der Waals surface area contributed by atoms with Crippen LogP contribution in [-0.2, 0) is 4.79 Å². The zero-order valence-electron chi connectivity index (χ0n) is 10.7. The maximum absolute atomic E-state index is 12.4. The molecule has 0 radical (unpaired) electrons. The molecule has 1 unspecified atom stereocenters. The summed E-state index contributed by atoms with van der Waals surface area (Å²) in [6, 6.07) is 2.61. The number of non-ortho nitro benzene ring substituents is 1. The smallest absolute Gasteiger partial charge is 0.327 e. The highest BCUT2D eigenvalue weighted by Gasteiger charge is 2.33. The van der Waals surface area contributed by atoms with E-state index in [0.29, 0.717) is 11.5 Å². The minimum absolute atomic E-state index is 0.0207. The predicted molar refractivity (Wildman–Crippen MR) is 77.9 cm³/mol. The van der Waals surface area contributed by atoms with Gasteiger partial charge in [0.25, 0.3) is 11.6 Å². The van der Waals surface area contributed by atoms with Crippen LogP contribution in [0.25, 0.3) is 0 Å². The third-order valence-electron chi connectivity index (χ3n) is 3.01. The van der Waals surface area contributed by atoms with Crippen LogP contribution >= 0.6 is 23.4 Å². The monoisotopic (exact) mass is 330 g/mol. The molecule has 1 atom stereocenters. The van der Waals surface area contributed by atoms with Crippen molar-refractivity contribution in [3.8, 4) is 0 Å². The lowest BCUT2D eigenvalue weighted by Gasteiger charge is -2.32. The van der Waals surface area contributed by atoms with Crippen molar-refractivity contribution in [1.29, 1.82) is 0 Å². The van der Waals surface area contributed by atoms with Gasteiger partial charge in [0.1, 0.15) is 6.04 Å². The van der Waals surface area contributed by atoms with Crippen LogP contribution in [0.2, 0.25) is 5.02 Å². The van der Waals surface area contributed by atoms with E-state index in [1.54, 1.807) is 0 Å². The van der Waals surface area contributed by atoms with Crippen LogP contribution in [-0.4, -0.2) is 50.9 Å². The summed E-state index contributed by atoms with van der Waals surface area (Å²) in [6.07, 6.45) is 0. The number of aliphatic carboxylic acids is 1. The summed E-state index contributed by atoms with van der Waals surface area (Å²) >= 11 is 7.23. The van der Waals surface area contributed by atoms with Gasteiger partial charge in [-0.3, -0.25) is 14.9 Å². The molecule has 1 fully saturated rings. The minimum Gasteiger partial charge on any atom is -0.480 e. The number of carboxylic acids is 1. The normalized spacial score (nSPS) is 18.3. The number of hydrogen-bond acceptors (Lipinski definition) is 5. The molecule has 1 heterocycles. The molecule has 21 heavy (non-hydrogen) atoms. The lowest BCUT2D eigenvalue weighted by molar-refractivity contribution is -0.384. The van der Waals surface area contributed by atoms with Gasteiger partial charge in [0.15, 0.2) is 0 Å². The van der Waals surface area contributed by atoms with Gasteiger partial charge in [-0.25, -0.2) is 4.79 Å². The predicted octanol–water partition coefficient (Wildman–Crippen LogP) is 1.89. The third kappa shape index (κ3) is 3.45. The fourth-order valence-corrected chi connectivity index (χ4v) is 3.29. The van der Waals surface area contributed by atoms with E-state index in [4.69, 9.17) is 16.7 Å². The molecule has 1 aliphatic heterocycles. The second kappa shape index (κ2) is 6.31. The molecule has 0 saturated carbocycles. The Morgan fingerprint density at radius 1 is 1.43 bits per heavy atom. The number of rotatable bonds is 3. The summed E-state index contributed by atoms with van der Waals surface area (Å²) in [5.41, 5.74) is -0.281. The lowest BCUT2D eigenvalue weighted by Crippen LogP contribution is -2.50.